The van der Waals surface area contributed by atoms with Gasteiger partial charge in [-0.05, 0) is 60.4 Å². The van der Waals surface area contributed by atoms with Crippen molar-refractivity contribution in [3.63, 3.8) is 0 Å². The minimum Gasteiger partial charge on any atom is -0.271 e. The second-order valence-electron chi connectivity index (χ2n) is 4.72. The van der Waals surface area contributed by atoms with Gasteiger partial charge in [-0.3, -0.25) is 5.84 Å². The molecule has 0 fully saturated rings. The predicted molar refractivity (Wildman–Crippen MR) is 76.5 cm³/mol. The van der Waals surface area contributed by atoms with Crippen LogP contribution in [0.2, 0.25) is 5.02 Å². The maximum atomic E-state index is 13.5. The molecule has 4 heteroatoms. The van der Waals surface area contributed by atoms with Gasteiger partial charge >= 0.3 is 0 Å². The minimum atomic E-state index is -0.285. The lowest BCUT2D eigenvalue weighted by Crippen LogP contribution is -2.29. The predicted octanol–water partition coefficient (Wildman–Crippen LogP) is 3.65. The summed E-state index contributed by atoms with van der Waals surface area (Å²) in [6.07, 6.45) is 0. The van der Waals surface area contributed by atoms with Crippen LogP contribution in [0.15, 0.2) is 36.4 Å². The molecule has 0 bridgehead atoms. The molecule has 2 nitrogen and oxygen atoms in total. The Hall–Kier alpha value is -1.42. The van der Waals surface area contributed by atoms with Crippen molar-refractivity contribution in [2.24, 2.45) is 5.84 Å². The molecule has 2 aromatic rings. The standard InChI is InChI=1S/C15H16ClFN2/c1-9-3-11(7-13(16)5-9)15(19-18)12-4-10(2)6-14(17)8-12/h3-8,15,19H,18H2,1-2H3. The average molecular weight is 279 g/mol. The maximum Gasteiger partial charge on any atom is 0.123 e. The average Bonchev–Trinajstić information content (AvgIpc) is 2.27. The Bertz CT molecular complexity index is 507. The fraction of sp³-hybridized carbons (Fsp3) is 0.200. The van der Waals surface area contributed by atoms with Gasteiger partial charge in [0.25, 0.3) is 0 Å². The van der Waals surface area contributed by atoms with Gasteiger partial charge in [-0.1, -0.05) is 23.7 Å². The Morgan fingerprint density at radius 2 is 1.58 bits per heavy atom. The largest absolute Gasteiger partial charge is 0.271 e. The monoisotopic (exact) mass is 278 g/mol. The fourth-order valence-electron chi connectivity index (χ4n) is 2.25. The van der Waals surface area contributed by atoms with Crippen molar-refractivity contribution < 1.29 is 4.39 Å². The van der Waals surface area contributed by atoms with E-state index in [0.717, 1.165) is 22.3 Å². The molecule has 0 aliphatic carbocycles. The molecule has 0 aliphatic heterocycles. The highest BCUT2D eigenvalue weighted by Crippen LogP contribution is 2.26. The third kappa shape index (κ3) is 3.32. The fourth-order valence-corrected chi connectivity index (χ4v) is 2.55. The van der Waals surface area contributed by atoms with Gasteiger partial charge in [0.1, 0.15) is 5.82 Å². The molecule has 1 unspecified atom stereocenters. The van der Waals surface area contributed by atoms with Gasteiger partial charge in [-0.2, -0.15) is 0 Å². The summed E-state index contributed by atoms with van der Waals surface area (Å²) in [6, 6.07) is 10.3. The Balaban J connectivity index is 2.49. The third-order valence-corrected chi connectivity index (χ3v) is 3.18. The molecule has 3 N–H and O–H groups in total. The van der Waals surface area contributed by atoms with E-state index < -0.39 is 0 Å². The molecule has 0 saturated heterocycles. The number of aryl methyl sites for hydroxylation is 2. The van der Waals surface area contributed by atoms with E-state index in [9.17, 15) is 4.39 Å². The quantitative estimate of drug-likeness (QED) is 0.664. The van der Waals surface area contributed by atoms with Gasteiger partial charge in [-0.15, -0.1) is 0 Å². The lowest BCUT2D eigenvalue weighted by Gasteiger charge is -2.18. The number of nitrogens with two attached hydrogens (primary N) is 1. The number of hydrazine groups is 1. The molecule has 1 atom stereocenters. The van der Waals surface area contributed by atoms with Crippen molar-refractivity contribution in [2.45, 2.75) is 19.9 Å². The van der Waals surface area contributed by atoms with Crippen LogP contribution in [0.5, 0.6) is 0 Å². The molecular weight excluding hydrogens is 263 g/mol. The van der Waals surface area contributed by atoms with Gasteiger partial charge in [0.15, 0.2) is 0 Å². The molecule has 100 valence electrons. The van der Waals surface area contributed by atoms with Gasteiger partial charge in [-0.25, -0.2) is 9.82 Å². The molecular formula is C15H16ClFN2. The first-order valence-electron chi connectivity index (χ1n) is 6.00. The van der Waals surface area contributed by atoms with Crippen molar-refractivity contribution in [3.05, 3.63) is 69.5 Å². The zero-order valence-electron chi connectivity index (χ0n) is 10.9. The second-order valence-corrected chi connectivity index (χ2v) is 5.16. The molecule has 0 spiro atoms. The van der Waals surface area contributed by atoms with E-state index in [1.165, 1.54) is 12.1 Å². The van der Waals surface area contributed by atoms with Gasteiger partial charge in [0.05, 0.1) is 6.04 Å². The molecule has 0 aliphatic rings. The molecule has 2 rings (SSSR count). The first-order chi connectivity index (χ1) is 8.99. The van der Waals surface area contributed by atoms with Crippen LogP contribution in [0, 0.1) is 19.7 Å². The molecule has 0 radical (unpaired) electrons. The van der Waals surface area contributed by atoms with Gasteiger partial charge < -0.3 is 0 Å². The number of hydrogen-bond acceptors (Lipinski definition) is 2. The van der Waals surface area contributed by atoms with Crippen LogP contribution >= 0.6 is 11.6 Å². The SMILES string of the molecule is Cc1cc(F)cc(C(NN)c2cc(C)cc(Cl)c2)c1. The summed E-state index contributed by atoms with van der Waals surface area (Å²) in [4.78, 5) is 0. The van der Waals surface area contributed by atoms with E-state index in [1.807, 2.05) is 38.1 Å². The number of nitrogens with one attached hydrogen (secondary N) is 1. The zero-order chi connectivity index (χ0) is 14.0. The van der Waals surface area contributed by atoms with E-state index in [2.05, 4.69) is 5.43 Å². The highest BCUT2D eigenvalue weighted by atomic mass is 35.5. The highest BCUT2D eigenvalue weighted by molar-refractivity contribution is 6.30. The first kappa shape index (κ1) is 14.0. The van der Waals surface area contributed by atoms with E-state index in [0.29, 0.717) is 5.02 Å². The third-order valence-electron chi connectivity index (χ3n) is 2.96. The Morgan fingerprint density at radius 1 is 1.00 bits per heavy atom. The van der Waals surface area contributed by atoms with Crippen molar-refractivity contribution in [1.82, 2.24) is 5.43 Å². The smallest absolute Gasteiger partial charge is 0.123 e. The summed E-state index contributed by atoms with van der Waals surface area (Å²) in [6.45, 7) is 3.81. The van der Waals surface area contributed by atoms with Crippen LogP contribution in [0.1, 0.15) is 28.3 Å². The number of benzene rings is 2. The Morgan fingerprint density at radius 3 is 2.11 bits per heavy atom. The van der Waals surface area contributed by atoms with Crippen LogP contribution in [0.4, 0.5) is 4.39 Å². The summed E-state index contributed by atoms with van der Waals surface area (Å²) in [7, 11) is 0. The maximum absolute atomic E-state index is 13.5. The Labute approximate surface area is 117 Å². The van der Waals surface area contributed by atoms with Crippen molar-refractivity contribution in [3.8, 4) is 0 Å². The van der Waals surface area contributed by atoms with Gasteiger partial charge in [0.2, 0.25) is 0 Å². The van der Waals surface area contributed by atoms with Crippen LogP contribution < -0.4 is 11.3 Å². The molecule has 19 heavy (non-hydrogen) atoms. The molecule has 0 aromatic heterocycles. The van der Waals surface area contributed by atoms with E-state index in [1.54, 1.807) is 0 Å². The number of hydrogen-bond donors (Lipinski definition) is 2. The zero-order valence-corrected chi connectivity index (χ0v) is 11.6. The molecule has 0 amide bonds. The number of rotatable bonds is 3. The normalized spacial score (nSPS) is 12.5. The second kappa shape index (κ2) is 5.70. The molecule has 0 saturated carbocycles. The summed E-state index contributed by atoms with van der Waals surface area (Å²) < 4.78 is 13.5. The lowest BCUT2D eigenvalue weighted by atomic mass is 9.96. The van der Waals surface area contributed by atoms with E-state index >= 15 is 0 Å². The summed E-state index contributed by atoms with van der Waals surface area (Å²) in [5.74, 6) is 5.35. The van der Waals surface area contributed by atoms with E-state index in [-0.39, 0.29) is 11.9 Å². The Kier molecular flexibility index (Phi) is 4.20. The van der Waals surface area contributed by atoms with Crippen LogP contribution in [0.3, 0.4) is 0 Å². The van der Waals surface area contributed by atoms with Crippen molar-refractivity contribution in [2.75, 3.05) is 0 Å². The van der Waals surface area contributed by atoms with Crippen molar-refractivity contribution >= 4 is 11.6 Å². The molecule has 0 heterocycles. The van der Waals surface area contributed by atoms with Crippen LogP contribution in [0.25, 0.3) is 0 Å². The summed E-state index contributed by atoms with van der Waals surface area (Å²) in [5, 5.41) is 0.642. The molecule has 2 aromatic carbocycles. The summed E-state index contributed by atoms with van der Waals surface area (Å²) in [5.41, 5.74) is 6.31. The van der Waals surface area contributed by atoms with Crippen molar-refractivity contribution in [1.29, 1.82) is 0 Å². The highest BCUT2D eigenvalue weighted by Gasteiger charge is 2.14. The number of halogens is 2. The lowest BCUT2D eigenvalue weighted by molar-refractivity contribution is 0.604. The first-order valence-corrected chi connectivity index (χ1v) is 6.37. The minimum absolute atomic E-state index is 0.269. The van der Waals surface area contributed by atoms with Crippen LogP contribution in [-0.2, 0) is 0 Å². The van der Waals surface area contributed by atoms with Crippen LogP contribution in [-0.4, -0.2) is 0 Å². The topological polar surface area (TPSA) is 38.0 Å². The van der Waals surface area contributed by atoms with E-state index in [4.69, 9.17) is 17.4 Å². The van der Waals surface area contributed by atoms with Gasteiger partial charge in [0, 0.05) is 5.02 Å². The summed E-state index contributed by atoms with van der Waals surface area (Å²) >= 11 is 6.06.